The van der Waals surface area contributed by atoms with E-state index in [9.17, 15) is 0 Å². The van der Waals surface area contributed by atoms with Crippen LogP contribution in [0.1, 0.15) is 37.7 Å². The number of aryl methyl sites for hydroxylation is 1. The van der Waals surface area contributed by atoms with Gasteiger partial charge in [-0.1, -0.05) is 42.3 Å². The molecule has 0 fully saturated rings. The zero-order valence-corrected chi connectivity index (χ0v) is 14.3. The van der Waals surface area contributed by atoms with Crippen molar-refractivity contribution >= 4 is 23.2 Å². The van der Waals surface area contributed by atoms with E-state index in [1.54, 1.807) is 0 Å². The van der Waals surface area contributed by atoms with Crippen LogP contribution in [-0.2, 0) is 6.42 Å². The minimum atomic E-state index is -0.0341. The van der Waals surface area contributed by atoms with Gasteiger partial charge in [0.05, 0.1) is 6.04 Å². The molecule has 2 heterocycles. The van der Waals surface area contributed by atoms with Crippen molar-refractivity contribution in [1.82, 2.24) is 30.2 Å². The van der Waals surface area contributed by atoms with E-state index in [4.69, 9.17) is 23.2 Å². The summed E-state index contributed by atoms with van der Waals surface area (Å²) < 4.78 is 1.83. The Hall–Kier alpha value is -1.92. The molecule has 0 amide bonds. The molecule has 120 valence electrons. The maximum atomic E-state index is 6.10. The largest absolute Gasteiger partial charge is 0.237 e. The Morgan fingerprint density at radius 2 is 1.91 bits per heavy atom. The molecule has 0 saturated carbocycles. The second-order valence-electron chi connectivity index (χ2n) is 5.24. The molecule has 1 N–H and O–H groups in total. The van der Waals surface area contributed by atoms with Crippen LogP contribution < -0.4 is 0 Å². The van der Waals surface area contributed by atoms with Crippen LogP contribution in [0.4, 0.5) is 0 Å². The minimum absolute atomic E-state index is 0.0341. The standard InChI is InChI=1S/C15H16Cl2N6/c1-3-4-12-18-15(13-14(17)20-22-19-13)23(21-12)9(2)10-5-7-11(16)8-6-10/h5-9H,3-4H2,1-2H3,(H,19,20,22). The zero-order valence-electron chi connectivity index (χ0n) is 12.8. The van der Waals surface area contributed by atoms with Gasteiger partial charge in [0.2, 0.25) is 0 Å². The minimum Gasteiger partial charge on any atom is -0.237 e. The molecule has 0 radical (unpaired) electrons. The number of aromatic amines is 1. The summed E-state index contributed by atoms with van der Waals surface area (Å²) in [5.74, 6) is 1.37. The third kappa shape index (κ3) is 3.23. The fourth-order valence-electron chi connectivity index (χ4n) is 2.37. The molecule has 0 saturated heterocycles. The van der Waals surface area contributed by atoms with Gasteiger partial charge in [-0.15, -0.1) is 5.10 Å². The average Bonchev–Trinajstić information content (AvgIpc) is 3.14. The van der Waals surface area contributed by atoms with E-state index in [0.29, 0.717) is 16.5 Å². The fourth-order valence-corrected chi connectivity index (χ4v) is 2.66. The number of aromatic nitrogens is 6. The van der Waals surface area contributed by atoms with Gasteiger partial charge < -0.3 is 0 Å². The van der Waals surface area contributed by atoms with Crippen LogP contribution >= 0.6 is 23.2 Å². The highest BCUT2D eigenvalue weighted by atomic mass is 35.5. The van der Waals surface area contributed by atoms with Gasteiger partial charge in [-0.05, 0) is 31.0 Å². The third-order valence-electron chi connectivity index (χ3n) is 3.59. The first-order chi connectivity index (χ1) is 11.1. The first-order valence-electron chi connectivity index (χ1n) is 7.37. The summed E-state index contributed by atoms with van der Waals surface area (Å²) in [6.45, 7) is 4.14. The van der Waals surface area contributed by atoms with Crippen molar-refractivity contribution in [3.05, 3.63) is 45.8 Å². The molecule has 0 aliphatic rings. The second kappa shape index (κ2) is 6.68. The lowest BCUT2D eigenvalue weighted by Gasteiger charge is -2.14. The summed E-state index contributed by atoms with van der Waals surface area (Å²) in [7, 11) is 0. The monoisotopic (exact) mass is 350 g/mol. The molecule has 0 bridgehead atoms. The first-order valence-corrected chi connectivity index (χ1v) is 8.13. The Kier molecular flexibility index (Phi) is 4.63. The maximum Gasteiger partial charge on any atom is 0.182 e. The van der Waals surface area contributed by atoms with Gasteiger partial charge in [0, 0.05) is 11.4 Å². The molecule has 1 aromatic carbocycles. The van der Waals surface area contributed by atoms with Gasteiger partial charge in [-0.2, -0.15) is 15.4 Å². The van der Waals surface area contributed by atoms with Crippen molar-refractivity contribution in [2.24, 2.45) is 0 Å². The van der Waals surface area contributed by atoms with Crippen LogP contribution in [-0.4, -0.2) is 30.2 Å². The molecule has 8 heteroatoms. The van der Waals surface area contributed by atoms with Crippen molar-refractivity contribution in [1.29, 1.82) is 0 Å². The van der Waals surface area contributed by atoms with Crippen LogP contribution in [0.2, 0.25) is 10.2 Å². The predicted molar refractivity (Wildman–Crippen MR) is 89.7 cm³/mol. The Morgan fingerprint density at radius 3 is 2.52 bits per heavy atom. The lowest BCUT2D eigenvalue weighted by Crippen LogP contribution is -2.11. The van der Waals surface area contributed by atoms with E-state index in [1.165, 1.54) is 0 Å². The highest BCUT2D eigenvalue weighted by molar-refractivity contribution is 6.31. The molecule has 0 aliphatic heterocycles. The quantitative estimate of drug-likeness (QED) is 0.756. The number of hydrogen-bond acceptors (Lipinski definition) is 4. The van der Waals surface area contributed by atoms with Gasteiger partial charge in [0.25, 0.3) is 0 Å². The van der Waals surface area contributed by atoms with Crippen molar-refractivity contribution in [3.63, 3.8) is 0 Å². The van der Waals surface area contributed by atoms with Crippen LogP contribution in [0.15, 0.2) is 24.3 Å². The molecule has 0 aliphatic carbocycles. The van der Waals surface area contributed by atoms with Crippen molar-refractivity contribution in [2.45, 2.75) is 32.7 Å². The van der Waals surface area contributed by atoms with Crippen LogP contribution in [0.5, 0.6) is 0 Å². The highest BCUT2D eigenvalue weighted by Crippen LogP contribution is 2.27. The van der Waals surface area contributed by atoms with Crippen molar-refractivity contribution in [2.75, 3.05) is 0 Å². The van der Waals surface area contributed by atoms with Gasteiger partial charge in [-0.25, -0.2) is 9.67 Å². The zero-order chi connectivity index (χ0) is 16.4. The SMILES string of the molecule is CCCc1nc(-c2n[nH]nc2Cl)n(C(C)c2ccc(Cl)cc2)n1. The average molecular weight is 351 g/mol. The summed E-state index contributed by atoms with van der Waals surface area (Å²) in [5.41, 5.74) is 1.57. The summed E-state index contributed by atoms with van der Waals surface area (Å²) in [5, 5.41) is 16.1. The summed E-state index contributed by atoms with van der Waals surface area (Å²) in [6, 6.07) is 7.64. The number of rotatable bonds is 5. The molecular formula is C15H16Cl2N6. The summed E-state index contributed by atoms with van der Waals surface area (Å²) in [4.78, 5) is 4.59. The van der Waals surface area contributed by atoms with Crippen molar-refractivity contribution < 1.29 is 0 Å². The number of nitrogens with one attached hydrogen (secondary N) is 1. The van der Waals surface area contributed by atoms with Crippen molar-refractivity contribution in [3.8, 4) is 11.5 Å². The second-order valence-corrected chi connectivity index (χ2v) is 6.03. The maximum absolute atomic E-state index is 6.10. The topological polar surface area (TPSA) is 72.3 Å². The molecular weight excluding hydrogens is 335 g/mol. The number of benzene rings is 1. The van der Waals surface area contributed by atoms with Gasteiger partial charge >= 0.3 is 0 Å². The normalized spacial score (nSPS) is 12.5. The van der Waals surface area contributed by atoms with Crippen LogP contribution in [0.25, 0.3) is 11.5 Å². The Balaban J connectivity index is 2.06. The van der Waals surface area contributed by atoms with E-state index >= 15 is 0 Å². The molecule has 1 atom stereocenters. The molecule has 23 heavy (non-hydrogen) atoms. The highest BCUT2D eigenvalue weighted by Gasteiger charge is 2.22. The fraction of sp³-hybridized carbons (Fsp3) is 0.333. The van der Waals surface area contributed by atoms with Gasteiger partial charge in [0.15, 0.2) is 22.5 Å². The van der Waals surface area contributed by atoms with Gasteiger partial charge in [-0.3, -0.25) is 0 Å². The molecule has 0 spiro atoms. The molecule has 3 rings (SSSR count). The van der Waals surface area contributed by atoms with E-state index in [0.717, 1.165) is 24.2 Å². The van der Waals surface area contributed by atoms with Crippen LogP contribution in [0.3, 0.4) is 0 Å². The molecule has 3 aromatic rings. The van der Waals surface area contributed by atoms with E-state index in [1.807, 2.05) is 35.9 Å². The number of nitrogens with zero attached hydrogens (tertiary/aromatic N) is 5. The summed E-state index contributed by atoms with van der Waals surface area (Å²) in [6.07, 6.45) is 1.76. The van der Waals surface area contributed by atoms with Crippen LogP contribution in [0, 0.1) is 0 Å². The number of hydrogen-bond donors (Lipinski definition) is 1. The third-order valence-corrected chi connectivity index (χ3v) is 4.10. The smallest absolute Gasteiger partial charge is 0.182 e. The molecule has 6 nitrogen and oxygen atoms in total. The molecule has 2 aromatic heterocycles. The Labute approximate surface area is 143 Å². The summed E-state index contributed by atoms with van der Waals surface area (Å²) >= 11 is 12.1. The Bertz CT molecular complexity index is 793. The lowest BCUT2D eigenvalue weighted by atomic mass is 10.1. The van der Waals surface area contributed by atoms with E-state index in [-0.39, 0.29) is 11.2 Å². The number of halogens is 2. The molecule has 1 unspecified atom stereocenters. The van der Waals surface area contributed by atoms with Gasteiger partial charge in [0.1, 0.15) is 0 Å². The Morgan fingerprint density at radius 1 is 1.17 bits per heavy atom. The lowest BCUT2D eigenvalue weighted by molar-refractivity contribution is 0.561. The van der Waals surface area contributed by atoms with E-state index < -0.39 is 0 Å². The first kappa shape index (κ1) is 16.0. The number of H-pyrrole nitrogens is 1. The predicted octanol–water partition coefficient (Wildman–Crippen LogP) is 3.93. The van der Waals surface area contributed by atoms with E-state index in [2.05, 4.69) is 32.4 Å².